The fourth-order valence-electron chi connectivity index (χ4n) is 9.11. The molecule has 1 aliphatic carbocycles. The Balaban J connectivity index is 0.806. The van der Waals surface area contributed by atoms with Gasteiger partial charge in [-0.1, -0.05) is 12.8 Å². The minimum atomic E-state index is -3.59. The van der Waals surface area contributed by atoms with E-state index in [9.17, 15) is 24.0 Å². The van der Waals surface area contributed by atoms with Gasteiger partial charge in [0.2, 0.25) is 17.8 Å². The van der Waals surface area contributed by atoms with Gasteiger partial charge in [0.25, 0.3) is 17.7 Å². The number of carbonyl (C=O) groups is 5. The number of carbonyl (C=O) groups excluding carboxylic acids is 5. The Hall–Kier alpha value is -6.02. The van der Waals surface area contributed by atoms with E-state index in [1.54, 1.807) is 35.2 Å². The summed E-state index contributed by atoms with van der Waals surface area (Å²) in [6.07, 6.45) is 6.71. The van der Waals surface area contributed by atoms with Gasteiger partial charge in [0.15, 0.2) is 5.82 Å². The van der Waals surface area contributed by atoms with Crippen LogP contribution in [0.15, 0.2) is 42.6 Å². The number of anilines is 5. The maximum atomic E-state index is 15.3. The lowest BCUT2D eigenvalue weighted by Crippen LogP contribution is -2.52. The third kappa shape index (κ3) is 9.65. The smallest absolute Gasteiger partial charge is 0.342 e. The largest absolute Gasteiger partial charge is 0.495 e. The molecule has 3 saturated heterocycles. The van der Waals surface area contributed by atoms with Crippen molar-refractivity contribution in [3.8, 4) is 5.75 Å². The third-order valence-electron chi connectivity index (χ3n) is 12.7. The number of nitrogens with zero attached hydrogens (tertiary/aromatic N) is 7. The Kier molecular flexibility index (Phi) is 12.7. The summed E-state index contributed by atoms with van der Waals surface area (Å²) in [5, 5.41) is 9.80. The Morgan fingerprint density at radius 2 is 1.62 bits per heavy atom. The van der Waals surface area contributed by atoms with Gasteiger partial charge in [-0.3, -0.25) is 39.6 Å². The molecule has 1 unspecified atom stereocenters. The number of amides is 5. The zero-order valence-electron chi connectivity index (χ0n) is 35.3. The maximum absolute atomic E-state index is 15.3. The van der Waals surface area contributed by atoms with Crippen molar-refractivity contribution in [1.82, 2.24) is 35.9 Å². The number of ether oxygens (including phenoxy) is 1. The standard InChI is InChI=1S/C43H52F3N11O6/c1-53-34-23-47-42(51-37(34)57(29-5-3-4-6-29)25-43(45,46)41(53)62)49-31-9-7-28(22-35(31)63-2)39(60)52-56-15-13-26(14-16-56)24-54-17-19-55(20-18-54)33-11-8-27(21-30(33)44)38(59)48-32-10-12-36(58)50-40(32)61/h7-9,11,21-23,26,29,32H,3-6,10,12-20,24-25H2,1-2H3,(H,48,59)(H,52,60)(H,47,49,51)(H,50,58,61). The number of alkyl halides is 2. The van der Waals surface area contributed by atoms with Crippen LogP contribution in [-0.2, 0) is 14.4 Å². The van der Waals surface area contributed by atoms with Gasteiger partial charge < -0.3 is 30.1 Å². The average Bonchev–Trinajstić information content (AvgIpc) is 3.80. The molecule has 3 aromatic rings. The van der Waals surface area contributed by atoms with Crippen LogP contribution in [0, 0.1) is 11.7 Å². The molecule has 8 rings (SSSR count). The van der Waals surface area contributed by atoms with Crippen LogP contribution in [-0.4, -0.2) is 134 Å². The van der Waals surface area contributed by atoms with E-state index in [2.05, 4.69) is 36.2 Å². The van der Waals surface area contributed by atoms with E-state index in [-0.39, 0.29) is 53.7 Å². The van der Waals surface area contributed by atoms with Gasteiger partial charge in [0.1, 0.15) is 23.3 Å². The van der Waals surface area contributed by atoms with Crippen molar-refractivity contribution in [3.63, 3.8) is 0 Å². The van der Waals surface area contributed by atoms with Crippen molar-refractivity contribution in [2.24, 2.45) is 5.92 Å². The van der Waals surface area contributed by atoms with Crippen LogP contribution in [0.25, 0.3) is 0 Å². The van der Waals surface area contributed by atoms with E-state index in [0.717, 1.165) is 63.1 Å². The molecule has 20 heteroatoms. The Morgan fingerprint density at radius 3 is 2.32 bits per heavy atom. The Bertz CT molecular complexity index is 2250. The quantitative estimate of drug-likeness (QED) is 0.206. The van der Waals surface area contributed by atoms with Crippen LogP contribution >= 0.6 is 0 Å². The van der Waals surface area contributed by atoms with E-state index in [1.165, 1.54) is 26.4 Å². The van der Waals surface area contributed by atoms with Crippen molar-refractivity contribution in [1.29, 1.82) is 0 Å². The molecule has 0 radical (unpaired) electrons. The van der Waals surface area contributed by atoms with Crippen LogP contribution in [0.4, 0.5) is 42.0 Å². The monoisotopic (exact) mass is 875 g/mol. The van der Waals surface area contributed by atoms with Crippen molar-refractivity contribution >= 4 is 58.4 Å². The summed E-state index contributed by atoms with van der Waals surface area (Å²) in [5.41, 5.74) is 4.56. The molecule has 5 aliphatic rings. The summed E-state index contributed by atoms with van der Waals surface area (Å²) in [5.74, 6) is -6.09. The fourth-order valence-corrected chi connectivity index (χ4v) is 9.11. The number of nitrogens with one attached hydrogen (secondary N) is 4. The molecule has 336 valence electrons. The van der Waals surface area contributed by atoms with Gasteiger partial charge in [-0.15, -0.1) is 0 Å². The molecule has 4 aliphatic heterocycles. The number of piperidine rings is 2. The number of methoxy groups -OCH3 is 1. The number of aromatic nitrogens is 2. The van der Waals surface area contributed by atoms with Crippen LogP contribution < -0.4 is 40.8 Å². The molecular formula is C43H52F3N11O6. The van der Waals surface area contributed by atoms with Gasteiger partial charge in [0.05, 0.1) is 31.2 Å². The number of rotatable bonds is 11. The molecule has 4 N–H and O–H groups in total. The summed E-state index contributed by atoms with van der Waals surface area (Å²) in [6, 6.07) is 8.21. The number of imide groups is 1. The number of hydrazine groups is 1. The summed E-state index contributed by atoms with van der Waals surface area (Å²) < 4.78 is 51.0. The molecule has 0 bridgehead atoms. The van der Waals surface area contributed by atoms with Gasteiger partial charge in [-0.05, 0) is 74.4 Å². The predicted octanol–water partition coefficient (Wildman–Crippen LogP) is 3.44. The lowest BCUT2D eigenvalue weighted by Gasteiger charge is -2.39. The zero-order chi connectivity index (χ0) is 44.4. The highest BCUT2D eigenvalue weighted by molar-refractivity contribution is 6.04. The van der Waals surface area contributed by atoms with Crippen molar-refractivity contribution < 1.29 is 41.9 Å². The van der Waals surface area contributed by atoms with Gasteiger partial charge in [-0.2, -0.15) is 13.8 Å². The first-order valence-electron chi connectivity index (χ1n) is 21.5. The highest BCUT2D eigenvalue weighted by atomic mass is 19.3. The van der Waals surface area contributed by atoms with Gasteiger partial charge in [0, 0.05) is 76.5 Å². The van der Waals surface area contributed by atoms with E-state index in [1.807, 2.05) is 9.91 Å². The second-order valence-electron chi connectivity index (χ2n) is 16.9. The van der Waals surface area contributed by atoms with Crippen molar-refractivity contribution in [2.75, 3.05) is 86.5 Å². The summed E-state index contributed by atoms with van der Waals surface area (Å²) >= 11 is 0. The Labute approximate surface area is 362 Å². The second kappa shape index (κ2) is 18.4. The van der Waals surface area contributed by atoms with E-state index >= 15 is 13.2 Å². The first-order chi connectivity index (χ1) is 30.3. The zero-order valence-corrected chi connectivity index (χ0v) is 35.3. The van der Waals surface area contributed by atoms with Gasteiger partial charge in [-0.25, -0.2) is 14.4 Å². The molecular weight excluding hydrogens is 824 g/mol. The SMILES string of the molecule is COc1cc(C(=O)NN2CCC(CN3CCN(c4ccc(C(=O)NC5CCC(=O)NC5=O)cc4F)CC3)CC2)ccc1Nc1ncc2c(n1)N(C1CCCC1)CC(F)(F)C(=O)N2C. The van der Waals surface area contributed by atoms with Crippen molar-refractivity contribution in [3.05, 3.63) is 59.5 Å². The number of hydrogen-bond donors (Lipinski definition) is 4. The predicted molar refractivity (Wildman–Crippen MR) is 227 cm³/mol. The van der Waals surface area contributed by atoms with Crippen LogP contribution in [0.5, 0.6) is 5.75 Å². The molecule has 63 heavy (non-hydrogen) atoms. The third-order valence-corrected chi connectivity index (χ3v) is 12.7. The average molecular weight is 876 g/mol. The van der Waals surface area contributed by atoms with Crippen molar-refractivity contribution in [2.45, 2.75) is 69.4 Å². The topological polar surface area (TPSA) is 185 Å². The molecule has 0 spiro atoms. The summed E-state index contributed by atoms with van der Waals surface area (Å²) in [7, 11) is 2.78. The first kappa shape index (κ1) is 43.6. The molecule has 5 amide bonds. The van der Waals surface area contributed by atoms with Crippen LogP contribution in [0.3, 0.4) is 0 Å². The molecule has 1 aromatic heterocycles. The minimum absolute atomic E-state index is 0.0990. The highest BCUT2D eigenvalue weighted by Gasteiger charge is 2.49. The summed E-state index contributed by atoms with van der Waals surface area (Å²) in [6.45, 7) is 4.18. The maximum Gasteiger partial charge on any atom is 0.342 e. The lowest BCUT2D eigenvalue weighted by molar-refractivity contribution is -0.140. The Morgan fingerprint density at radius 1 is 0.905 bits per heavy atom. The number of halogens is 3. The number of fused-ring (bicyclic) bond motifs is 1. The number of piperazine rings is 1. The second-order valence-corrected chi connectivity index (χ2v) is 16.9. The molecule has 2 aromatic carbocycles. The number of benzene rings is 2. The highest BCUT2D eigenvalue weighted by Crippen LogP contribution is 2.40. The molecule has 4 fully saturated rings. The van der Waals surface area contributed by atoms with Gasteiger partial charge >= 0.3 is 5.92 Å². The normalized spacial score (nSPS) is 21.4. The van der Waals surface area contributed by atoms with E-state index in [4.69, 9.17) is 4.74 Å². The molecule has 17 nitrogen and oxygen atoms in total. The fraction of sp³-hybridized carbons (Fsp3) is 0.512. The molecule has 1 saturated carbocycles. The van der Waals surface area contributed by atoms with E-state index < -0.39 is 42.0 Å². The number of hydrogen-bond acceptors (Lipinski definition) is 13. The summed E-state index contributed by atoms with van der Waals surface area (Å²) in [4.78, 5) is 78.0. The lowest BCUT2D eigenvalue weighted by atomic mass is 9.96. The molecule has 5 heterocycles. The van der Waals surface area contributed by atoms with Crippen LogP contribution in [0.2, 0.25) is 0 Å². The first-order valence-corrected chi connectivity index (χ1v) is 21.5. The molecule has 1 atom stereocenters. The minimum Gasteiger partial charge on any atom is -0.495 e. The van der Waals surface area contributed by atoms with E-state index in [0.29, 0.717) is 54.8 Å². The van der Waals surface area contributed by atoms with Crippen LogP contribution in [0.1, 0.15) is 72.1 Å².